The molecule has 0 radical (unpaired) electrons. The Bertz CT molecular complexity index is 542. The van der Waals surface area contributed by atoms with Crippen LogP contribution in [0.2, 0.25) is 0 Å². The second kappa shape index (κ2) is 5.48. The number of aromatic amines is 1. The van der Waals surface area contributed by atoms with Crippen LogP contribution in [-0.4, -0.2) is 27.9 Å². The number of carbonyl (C=O) groups excluding carboxylic acids is 1. The standard InChI is InChI=1S/C14H20N4O3/c15-10-6-8-2-1-3-9(7-10)13(8)17-14(19)11-4-5-12(16-11)18(20)21/h4-5,8-10,13,16H,1-3,6-7,15H2,(H,17,19). The summed E-state index contributed by atoms with van der Waals surface area (Å²) in [6.07, 6.45) is 5.29. The summed E-state index contributed by atoms with van der Waals surface area (Å²) in [5.41, 5.74) is 6.32. The van der Waals surface area contributed by atoms with E-state index in [2.05, 4.69) is 10.3 Å². The molecule has 0 aliphatic heterocycles. The third-order valence-corrected chi connectivity index (χ3v) is 4.79. The van der Waals surface area contributed by atoms with Gasteiger partial charge in [0.2, 0.25) is 0 Å². The van der Waals surface area contributed by atoms with E-state index in [0.29, 0.717) is 11.8 Å². The maximum Gasteiger partial charge on any atom is 0.321 e. The minimum Gasteiger partial charge on any atom is -0.358 e. The van der Waals surface area contributed by atoms with Gasteiger partial charge in [-0.3, -0.25) is 4.79 Å². The van der Waals surface area contributed by atoms with E-state index in [9.17, 15) is 14.9 Å². The predicted molar refractivity (Wildman–Crippen MR) is 76.7 cm³/mol. The van der Waals surface area contributed by atoms with Crippen LogP contribution in [-0.2, 0) is 0 Å². The van der Waals surface area contributed by atoms with E-state index in [4.69, 9.17) is 5.73 Å². The van der Waals surface area contributed by atoms with Crippen LogP contribution in [0, 0.1) is 22.0 Å². The van der Waals surface area contributed by atoms with Gasteiger partial charge in [-0.1, -0.05) is 6.42 Å². The molecule has 2 aliphatic rings. The number of hydrogen-bond acceptors (Lipinski definition) is 4. The van der Waals surface area contributed by atoms with Crippen LogP contribution in [0.15, 0.2) is 12.1 Å². The molecule has 7 nitrogen and oxygen atoms in total. The topological polar surface area (TPSA) is 114 Å². The minimum absolute atomic E-state index is 0.147. The molecule has 2 bridgehead atoms. The van der Waals surface area contributed by atoms with Gasteiger partial charge >= 0.3 is 5.82 Å². The lowest BCUT2D eigenvalue weighted by atomic mass is 9.67. The molecular weight excluding hydrogens is 272 g/mol. The summed E-state index contributed by atoms with van der Waals surface area (Å²) in [6.45, 7) is 0. The lowest BCUT2D eigenvalue weighted by molar-refractivity contribution is -0.389. The van der Waals surface area contributed by atoms with Crippen molar-refractivity contribution < 1.29 is 9.72 Å². The highest BCUT2D eigenvalue weighted by Gasteiger charge is 2.40. The first-order valence-electron chi connectivity index (χ1n) is 7.44. The molecule has 0 spiro atoms. The second-order valence-electron chi connectivity index (χ2n) is 6.20. The maximum atomic E-state index is 12.3. The molecule has 21 heavy (non-hydrogen) atoms. The molecule has 1 aromatic rings. The normalized spacial score (nSPS) is 31.7. The van der Waals surface area contributed by atoms with Crippen molar-refractivity contribution in [2.45, 2.75) is 44.2 Å². The number of aromatic nitrogens is 1. The zero-order valence-corrected chi connectivity index (χ0v) is 11.7. The van der Waals surface area contributed by atoms with Gasteiger partial charge in [0.1, 0.15) is 0 Å². The molecule has 4 N–H and O–H groups in total. The van der Waals surface area contributed by atoms with Crippen LogP contribution < -0.4 is 11.1 Å². The highest BCUT2D eigenvalue weighted by molar-refractivity contribution is 5.93. The molecule has 3 rings (SSSR count). The number of amides is 1. The number of hydrogen-bond donors (Lipinski definition) is 3. The average Bonchev–Trinajstić information content (AvgIpc) is 2.89. The van der Waals surface area contributed by atoms with Crippen LogP contribution in [0.4, 0.5) is 5.82 Å². The average molecular weight is 292 g/mol. The number of H-pyrrole nitrogens is 1. The van der Waals surface area contributed by atoms with Gasteiger partial charge in [-0.2, -0.15) is 0 Å². The molecule has 2 aliphatic carbocycles. The van der Waals surface area contributed by atoms with Gasteiger partial charge in [0.25, 0.3) is 5.91 Å². The fourth-order valence-electron chi connectivity index (χ4n) is 3.88. The van der Waals surface area contributed by atoms with Gasteiger partial charge in [-0.15, -0.1) is 0 Å². The Balaban J connectivity index is 1.70. The molecule has 2 saturated carbocycles. The molecule has 2 atom stereocenters. The highest BCUT2D eigenvalue weighted by Crippen LogP contribution is 2.39. The summed E-state index contributed by atoms with van der Waals surface area (Å²) < 4.78 is 0. The molecule has 114 valence electrons. The van der Waals surface area contributed by atoms with Crippen LogP contribution >= 0.6 is 0 Å². The molecule has 2 unspecified atom stereocenters. The third-order valence-electron chi connectivity index (χ3n) is 4.79. The van der Waals surface area contributed by atoms with Crippen molar-refractivity contribution in [1.29, 1.82) is 0 Å². The first-order chi connectivity index (χ1) is 10.0. The van der Waals surface area contributed by atoms with E-state index in [1.165, 1.54) is 18.6 Å². The van der Waals surface area contributed by atoms with Crippen LogP contribution in [0.1, 0.15) is 42.6 Å². The number of nitro groups is 1. The lowest BCUT2D eigenvalue weighted by Gasteiger charge is -2.45. The molecule has 0 saturated heterocycles. The van der Waals surface area contributed by atoms with Gasteiger partial charge < -0.3 is 21.2 Å². The second-order valence-corrected chi connectivity index (χ2v) is 6.20. The van der Waals surface area contributed by atoms with E-state index in [1.54, 1.807) is 0 Å². The van der Waals surface area contributed by atoms with Gasteiger partial charge in [-0.25, -0.2) is 4.98 Å². The minimum atomic E-state index is -0.537. The fourth-order valence-corrected chi connectivity index (χ4v) is 3.88. The number of nitrogens with one attached hydrogen (secondary N) is 2. The van der Waals surface area contributed by atoms with Crippen molar-refractivity contribution in [2.75, 3.05) is 0 Å². The lowest BCUT2D eigenvalue weighted by Crippen LogP contribution is -2.53. The SMILES string of the molecule is NC1CC2CCCC(C1)C2NC(=O)c1ccc([N+](=O)[O-])[nH]1. The first kappa shape index (κ1) is 14.1. The zero-order chi connectivity index (χ0) is 15.0. The Morgan fingerprint density at radius 3 is 2.57 bits per heavy atom. The summed E-state index contributed by atoms with van der Waals surface area (Å²) in [4.78, 5) is 24.9. The number of fused-ring (bicyclic) bond motifs is 2. The van der Waals surface area contributed by atoms with Crippen molar-refractivity contribution in [1.82, 2.24) is 10.3 Å². The summed E-state index contributed by atoms with van der Waals surface area (Å²) in [5, 5.41) is 13.7. The number of nitrogens with two attached hydrogens (primary N) is 1. The van der Waals surface area contributed by atoms with Crippen molar-refractivity contribution in [3.63, 3.8) is 0 Å². The van der Waals surface area contributed by atoms with E-state index in [0.717, 1.165) is 25.7 Å². The molecule has 2 fully saturated rings. The van der Waals surface area contributed by atoms with Gasteiger partial charge in [0.05, 0.1) is 0 Å². The Hall–Kier alpha value is -1.89. The van der Waals surface area contributed by atoms with Gasteiger partial charge in [0, 0.05) is 18.2 Å². The number of nitrogens with zero attached hydrogens (tertiary/aromatic N) is 1. The molecular formula is C14H20N4O3. The van der Waals surface area contributed by atoms with E-state index >= 15 is 0 Å². The van der Waals surface area contributed by atoms with Crippen LogP contribution in [0.5, 0.6) is 0 Å². The Morgan fingerprint density at radius 2 is 2.00 bits per heavy atom. The quantitative estimate of drug-likeness (QED) is 0.579. The van der Waals surface area contributed by atoms with E-state index < -0.39 is 4.92 Å². The maximum absolute atomic E-state index is 12.3. The number of carbonyl (C=O) groups is 1. The third kappa shape index (κ3) is 2.78. The van der Waals surface area contributed by atoms with Crippen molar-refractivity contribution in [3.05, 3.63) is 27.9 Å². The molecule has 1 amide bonds. The Labute approximate surface area is 122 Å². The predicted octanol–water partition coefficient (Wildman–Crippen LogP) is 1.56. The molecule has 1 heterocycles. The van der Waals surface area contributed by atoms with Crippen molar-refractivity contribution >= 4 is 11.7 Å². The first-order valence-corrected chi connectivity index (χ1v) is 7.44. The summed E-state index contributed by atoms with van der Waals surface area (Å²) in [5.74, 6) is 0.439. The van der Waals surface area contributed by atoms with E-state index in [-0.39, 0.29) is 29.5 Å². The fraction of sp³-hybridized carbons (Fsp3) is 0.643. The summed E-state index contributed by atoms with van der Waals surface area (Å²) in [7, 11) is 0. The largest absolute Gasteiger partial charge is 0.358 e. The monoisotopic (exact) mass is 292 g/mol. The summed E-state index contributed by atoms with van der Waals surface area (Å²) in [6, 6.07) is 3.15. The zero-order valence-electron chi connectivity index (χ0n) is 11.7. The van der Waals surface area contributed by atoms with Crippen molar-refractivity contribution in [3.8, 4) is 0 Å². The smallest absolute Gasteiger partial charge is 0.321 e. The molecule has 0 aromatic carbocycles. The van der Waals surface area contributed by atoms with Crippen molar-refractivity contribution in [2.24, 2.45) is 17.6 Å². The van der Waals surface area contributed by atoms with E-state index in [1.807, 2.05) is 0 Å². The van der Waals surface area contributed by atoms with Gasteiger partial charge in [-0.05, 0) is 48.5 Å². The van der Waals surface area contributed by atoms with Gasteiger partial charge in [0.15, 0.2) is 5.69 Å². The highest BCUT2D eigenvalue weighted by atomic mass is 16.6. The molecule has 1 aromatic heterocycles. The molecule has 7 heteroatoms. The summed E-state index contributed by atoms with van der Waals surface area (Å²) >= 11 is 0. The Morgan fingerprint density at radius 1 is 1.33 bits per heavy atom. The van der Waals surface area contributed by atoms with Crippen LogP contribution in [0.25, 0.3) is 0 Å². The Kier molecular flexibility index (Phi) is 3.67. The number of rotatable bonds is 3. The van der Waals surface area contributed by atoms with Crippen LogP contribution in [0.3, 0.4) is 0 Å².